The molecule has 0 bridgehead atoms. The first-order valence-corrected chi connectivity index (χ1v) is 6.56. The van der Waals surface area contributed by atoms with Gasteiger partial charge in [-0.05, 0) is 47.9 Å². The maximum atomic E-state index is 5.72. The summed E-state index contributed by atoms with van der Waals surface area (Å²) in [6.45, 7) is 0. The molecule has 4 nitrogen and oxygen atoms in total. The molecule has 3 aromatic rings. The topological polar surface area (TPSA) is 63.8 Å². The number of pyridine rings is 2. The van der Waals surface area contributed by atoms with Gasteiger partial charge in [-0.1, -0.05) is 12.1 Å². The second-order valence-electron chi connectivity index (χ2n) is 4.73. The predicted molar refractivity (Wildman–Crippen MR) is 79.7 cm³/mol. The van der Waals surface area contributed by atoms with Crippen molar-refractivity contribution < 1.29 is 0 Å². The van der Waals surface area contributed by atoms with E-state index in [0.717, 1.165) is 22.9 Å². The van der Waals surface area contributed by atoms with Crippen LogP contribution < -0.4 is 11.3 Å². The molecule has 100 valence electrons. The normalized spacial score (nSPS) is 12.4. The van der Waals surface area contributed by atoms with E-state index in [4.69, 9.17) is 5.84 Å². The fraction of sp³-hybridized carbons (Fsp3) is 0.125. The number of hydrogen-bond donors (Lipinski definition) is 2. The molecule has 1 unspecified atom stereocenters. The monoisotopic (exact) mass is 264 g/mol. The van der Waals surface area contributed by atoms with Crippen molar-refractivity contribution >= 4 is 10.9 Å². The molecule has 1 atom stereocenters. The highest BCUT2D eigenvalue weighted by Crippen LogP contribution is 2.21. The lowest BCUT2D eigenvalue weighted by molar-refractivity contribution is 0.552. The Labute approximate surface area is 117 Å². The van der Waals surface area contributed by atoms with Gasteiger partial charge in [0.05, 0.1) is 11.6 Å². The van der Waals surface area contributed by atoms with Crippen LogP contribution in [0.4, 0.5) is 0 Å². The quantitative estimate of drug-likeness (QED) is 0.561. The number of nitrogens with zero attached hydrogens (tertiary/aromatic N) is 2. The van der Waals surface area contributed by atoms with E-state index in [1.165, 1.54) is 5.56 Å². The van der Waals surface area contributed by atoms with E-state index in [9.17, 15) is 0 Å². The maximum absolute atomic E-state index is 5.72. The first-order valence-electron chi connectivity index (χ1n) is 6.56. The van der Waals surface area contributed by atoms with Crippen molar-refractivity contribution in [3.8, 4) is 0 Å². The van der Waals surface area contributed by atoms with Crippen LogP contribution in [0.25, 0.3) is 10.9 Å². The highest BCUT2D eigenvalue weighted by Gasteiger charge is 2.11. The molecule has 0 spiro atoms. The molecule has 2 heterocycles. The molecule has 0 saturated heterocycles. The summed E-state index contributed by atoms with van der Waals surface area (Å²) in [7, 11) is 0. The maximum Gasteiger partial charge on any atom is 0.0702 e. The van der Waals surface area contributed by atoms with Gasteiger partial charge in [0.15, 0.2) is 0 Å². The Balaban J connectivity index is 1.91. The Morgan fingerprint density at radius 2 is 1.90 bits per heavy atom. The summed E-state index contributed by atoms with van der Waals surface area (Å²) in [4.78, 5) is 8.36. The summed E-state index contributed by atoms with van der Waals surface area (Å²) in [6.07, 6.45) is 6.23. The fourth-order valence-corrected chi connectivity index (χ4v) is 2.34. The zero-order chi connectivity index (χ0) is 13.8. The smallest absolute Gasteiger partial charge is 0.0702 e. The Morgan fingerprint density at radius 3 is 2.70 bits per heavy atom. The second kappa shape index (κ2) is 5.77. The van der Waals surface area contributed by atoms with E-state index in [2.05, 4.69) is 33.6 Å². The molecule has 20 heavy (non-hydrogen) atoms. The molecule has 0 saturated carbocycles. The zero-order valence-electron chi connectivity index (χ0n) is 11.0. The van der Waals surface area contributed by atoms with Gasteiger partial charge >= 0.3 is 0 Å². The third kappa shape index (κ3) is 2.66. The molecule has 0 fully saturated rings. The third-order valence-corrected chi connectivity index (χ3v) is 3.42. The Bertz CT molecular complexity index is 697. The Kier molecular flexibility index (Phi) is 3.67. The van der Waals surface area contributed by atoms with Crippen molar-refractivity contribution in [1.82, 2.24) is 15.4 Å². The van der Waals surface area contributed by atoms with Crippen molar-refractivity contribution in [2.75, 3.05) is 0 Å². The van der Waals surface area contributed by atoms with Crippen molar-refractivity contribution in [2.45, 2.75) is 12.5 Å². The van der Waals surface area contributed by atoms with Gasteiger partial charge in [0.1, 0.15) is 0 Å². The summed E-state index contributed by atoms with van der Waals surface area (Å²) in [5.74, 6) is 5.72. The summed E-state index contributed by atoms with van der Waals surface area (Å²) in [5, 5.41) is 1.12. The first kappa shape index (κ1) is 12.7. The van der Waals surface area contributed by atoms with Crippen molar-refractivity contribution in [1.29, 1.82) is 0 Å². The van der Waals surface area contributed by atoms with E-state index in [0.29, 0.717) is 0 Å². The molecule has 0 aliphatic heterocycles. The summed E-state index contributed by atoms with van der Waals surface area (Å²) in [6, 6.07) is 14.3. The van der Waals surface area contributed by atoms with Crippen LogP contribution in [0, 0.1) is 0 Å². The average Bonchev–Trinajstić information content (AvgIpc) is 2.53. The highest BCUT2D eigenvalue weighted by atomic mass is 15.2. The van der Waals surface area contributed by atoms with Crippen LogP contribution in [0.1, 0.15) is 17.2 Å². The Morgan fingerprint density at radius 1 is 1.05 bits per heavy atom. The predicted octanol–water partition coefficient (Wildman–Crippen LogP) is 2.38. The number of fused-ring (bicyclic) bond motifs is 1. The van der Waals surface area contributed by atoms with Gasteiger partial charge in [-0.2, -0.15) is 0 Å². The SMILES string of the molecule is NNC(Cc1ccncc1)c1ccc2ncccc2c1. The molecule has 0 aliphatic carbocycles. The van der Waals surface area contributed by atoms with Gasteiger partial charge in [-0.3, -0.25) is 21.2 Å². The minimum absolute atomic E-state index is 0.0713. The van der Waals surface area contributed by atoms with E-state index in [-0.39, 0.29) is 6.04 Å². The number of aromatic nitrogens is 2. The van der Waals surface area contributed by atoms with Gasteiger partial charge in [0.25, 0.3) is 0 Å². The third-order valence-electron chi connectivity index (χ3n) is 3.42. The largest absolute Gasteiger partial charge is 0.271 e. The lowest BCUT2D eigenvalue weighted by atomic mass is 9.98. The van der Waals surface area contributed by atoms with Crippen molar-refractivity contribution in [3.05, 3.63) is 72.2 Å². The van der Waals surface area contributed by atoms with Crippen molar-refractivity contribution in [2.24, 2.45) is 5.84 Å². The van der Waals surface area contributed by atoms with Crippen LogP contribution in [0.5, 0.6) is 0 Å². The Hall–Kier alpha value is -2.30. The van der Waals surface area contributed by atoms with Gasteiger partial charge < -0.3 is 0 Å². The van der Waals surface area contributed by atoms with E-state index < -0.39 is 0 Å². The fourth-order valence-electron chi connectivity index (χ4n) is 2.34. The molecule has 2 aromatic heterocycles. The van der Waals surface area contributed by atoms with E-state index in [1.807, 2.05) is 24.3 Å². The molecule has 0 radical (unpaired) electrons. The summed E-state index contributed by atoms with van der Waals surface area (Å²) >= 11 is 0. The van der Waals surface area contributed by atoms with Crippen LogP contribution in [-0.2, 0) is 6.42 Å². The molecule has 1 aromatic carbocycles. The number of nitrogens with one attached hydrogen (secondary N) is 1. The molecule has 3 rings (SSSR count). The molecule has 4 heteroatoms. The number of benzene rings is 1. The number of hydrogen-bond acceptors (Lipinski definition) is 4. The van der Waals surface area contributed by atoms with Gasteiger partial charge in [0.2, 0.25) is 0 Å². The van der Waals surface area contributed by atoms with Gasteiger partial charge in [-0.15, -0.1) is 0 Å². The van der Waals surface area contributed by atoms with E-state index in [1.54, 1.807) is 18.6 Å². The first-order chi connectivity index (χ1) is 9.86. The molecule has 0 amide bonds. The van der Waals surface area contributed by atoms with Crippen molar-refractivity contribution in [3.63, 3.8) is 0 Å². The van der Waals surface area contributed by atoms with Gasteiger partial charge in [0, 0.05) is 24.0 Å². The molecular weight excluding hydrogens is 248 g/mol. The molecule has 3 N–H and O–H groups in total. The number of hydrazine groups is 1. The molecule has 0 aliphatic rings. The minimum atomic E-state index is 0.0713. The highest BCUT2D eigenvalue weighted by molar-refractivity contribution is 5.79. The van der Waals surface area contributed by atoms with Crippen LogP contribution in [0.15, 0.2) is 61.1 Å². The minimum Gasteiger partial charge on any atom is -0.271 e. The zero-order valence-corrected chi connectivity index (χ0v) is 11.0. The lowest BCUT2D eigenvalue weighted by Gasteiger charge is -2.17. The number of nitrogens with two attached hydrogens (primary N) is 1. The van der Waals surface area contributed by atoms with Gasteiger partial charge in [-0.25, -0.2) is 0 Å². The number of rotatable bonds is 4. The average molecular weight is 264 g/mol. The lowest BCUT2D eigenvalue weighted by Crippen LogP contribution is -2.29. The second-order valence-corrected chi connectivity index (χ2v) is 4.73. The van der Waals surface area contributed by atoms with Crippen LogP contribution in [-0.4, -0.2) is 9.97 Å². The van der Waals surface area contributed by atoms with Crippen LogP contribution >= 0.6 is 0 Å². The van der Waals surface area contributed by atoms with Crippen LogP contribution in [0.2, 0.25) is 0 Å². The van der Waals surface area contributed by atoms with Crippen LogP contribution in [0.3, 0.4) is 0 Å². The summed E-state index contributed by atoms with van der Waals surface area (Å²) < 4.78 is 0. The standard InChI is InChI=1S/C16H16N4/c17-20-16(10-12-5-8-18-9-6-12)14-3-4-15-13(11-14)2-1-7-19-15/h1-9,11,16,20H,10,17H2. The summed E-state index contributed by atoms with van der Waals surface area (Å²) in [5.41, 5.74) is 6.25. The molecular formula is C16H16N4. The van der Waals surface area contributed by atoms with E-state index >= 15 is 0 Å².